The van der Waals surface area contributed by atoms with E-state index in [1.54, 1.807) is 19.1 Å². The predicted octanol–water partition coefficient (Wildman–Crippen LogP) is 1.17. The van der Waals surface area contributed by atoms with Gasteiger partial charge in [-0.1, -0.05) is 0 Å². The van der Waals surface area contributed by atoms with E-state index in [9.17, 15) is 9.90 Å². The zero-order valence-electron chi connectivity index (χ0n) is 10.2. The Morgan fingerprint density at radius 3 is 3.00 bits per heavy atom. The minimum atomic E-state index is -0.919. The summed E-state index contributed by atoms with van der Waals surface area (Å²) in [7, 11) is 0. The van der Waals surface area contributed by atoms with Crippen molar-refractivity contribution in [2.24, 2.45) is 4.99 Å². The van der Waals surface area contributed by atoms with Crippen LogP contribution in [0.15, 0.2) is 17.1 Å². The third-order valence-corrected chi connectivity index (χ3v) is 2.65. The number of anilines is 2. The molecule has 0 saturated carbocycles. The van der Waals surface area contributed by atoms with Crippen LogP contribution < -0.4 is 11.1 Å². The van der Waals surface area contributed by atoms with Crippen molar-refractivity contribution >= 4 is 23.2 Å². The lowest BCUT2D eigenvalue weighted by atomic mass is 10.0. The number of aliphatic hydroxyl groups is 1. The number of ether oxygens (including phenoxy) is 1. The molecule has 1 unspecified atom stereocenters. The second kappa shape index (κ2) is 4.66. The lowest BCUT2D eigenvalue weighted by molar-refractivity contribution is -0.142. The number of aliphatic hydroxyl groups excluding tert-OH is 1. The number of carbonyl (C=O) groups excluding carboxylic acids is 1. The molecule has 4 N–H and O–H groups in total. The first kappa shape index (κ1) is 12.4. The third-order valence-electron chi connectivity index (χ3n) is 2.65. The molecule has 6 heteroatoms. The van der Waals surface area contributed by atoms with Gasteiger partial charge in [-0.3, -0.25) is 4.79 Å². The summed E-state index contributed by atoms with van der Waals surface area (Å²) in [6.07, 6.45) is -0.919. The molecule has 0 saturated heterocycles. The van der Waals surface area contributed by atoms with E-state index < -0.39 is 6.23 Å². The minimum absolute atomic E-state index is 0.0872. The van der Waals surface area contributed by atoms with Crippen LogP contribution in [0.2, 0.25) is 0 Å². The molecule has 0 radical (unpaired) electrons. The quantitative estimate of drug-likeness (QED) is 0.540. The summed E-state index contributed by atoms with van der Waals surface area (Å²) in [4.78, 5) is 14.8. The molecule has 2 rings (SSSR count). The van der Waals surface area contributed by atoms with Crippen molar-refractivity contribution in [3.05, 3.63) is 23.3 Å². The van der Waals surface area contributed by atoms with Gasteiger partial charge >= 0.3 is 5.97 Å². The molecule has 1 aromatic rings. The summed E-state index contributed by atoms with van der Waals surface area (Å²) in [6, 6.07) is 3.40. The molecule has 0 spiro atoms. The van der Waals surface area contributed by atoms with Gasteiger partial charge in [0, 0.05) is 29.4 Å². The van der Waals surface area contributed by atoms with E-state index in [-0.39, 0.29) is 12.6 Å². The molecule has 0 aliphatic carbocycles. The van der Waals surface area contributed by atoms with E-state index in [2.05, 4.69) is 10.3 Å². The number of hydrogen-bond acceptors (Lipinski definition) is 6. The molecule has 18 heavy (non-hydrogen) atoms. The van der Waals surface area contributed by atoms with Gasteiger partial charge in [-0.05, 0) is 19.1 Å². The number of aliphatic imine (C=N–C) groups is 1. The van der Waals surface area contributed by atoms with Gasteiger partial charge in [0.15, 0.2) is 6.23 Å². The monoisotopic (exact) mass is 249 g/mol. The first-order chi connectivity index (χ1) is 8.47. The largest absolute Gasteiger partial charge is 0.461 e. The van der Waals surface area contributed by atoms with Crippen LogP contribution in [0.25, 0.3) is 0 Å². The number of esters is 1. The molecule has 0 fully saturated rings. The van der Waals surface area contributed by atoms with Gasteiger partial charge in [-0.2, -0.15) is 0 Å². The highest BCUT2D eigenvalue weighted by atomic mass is 16.5. The molecular formula is C12H15N3O3. The predicted molar refractivity (Wildman–Crippen MR) is 68.0 cm³/mol. The fourth-order valence-electron chi connectivity index (χ4n) is 1.79. The summed E-state index contributed by atoms with van der Waals surface area (Å²) < 4.78 is 4.90. The highest BCUT2D eigenvalue weighted by molar-refractivity contribution is 5.96. The van der Waals surface area contributed by atoms with Crippen LogP contribution in [0.1, 0.15) is 31.2 Å². The van der Waals surface area contributed by atoms with Crippen LogP contribution in [0.3, 0.4) is 0 Å². The number of benzene rings is 1. The second-order valence-electron chi connectivity index (χ2n) is 4.13. The van der Waals surface area contributed by atoms with Crippen LogP contribution in [0, 0.1) is 0 Å². The van der Waals surface area contributed by atoms with Crippen LogP contribution >= 0.6 is 0 Å². The fourth-order valence-corrected chi connectivity index (χ4v) is 1.79. The third kappa shape index (κ3) is 2.43. The summed E-state index contributed by atoms with van der Waals surface area (Å²) >= 11 is 0. The highest BCUT2D eigenvalue weighted by Gasteiger charge is 2.19. The lowest BCUT2D eigenvalue weighted by Crippen LogP contribution is -2.18. The van der Waals surface area contributed by atoms with Gasteiger partial charge in [-0.25, -0.2) is 4.99 Å². The summed E-state index contributed by atoms with van der Waals surface area (Å²) in [6.45, 7) is 3.18. The van der Waals surface area contributed by atoms with E-state index in [1.165, 1.54) is 6.92 Å². The average Bonchev–Trinajstić information content (AvgIpc) is 2.26. The molecule has 96 valence electrons. The van der Waals surface area contributed by atoms with Gasteiger partial charge in [0.1, 0.15) is 12.4 Å². The maximum Gasteiger partial charge on any atom is 0.302 e. The van der Waals surface area contributed by atoms with Gasteiger partial charge < -0.3 is 20.9 Å². The van der Waals surface area contributed by atoms with Crippen molar-refractivity contribution in [2.75, 3.05) is 11.1 Å². The molecule has 1 aliphatic heterocycles. The van der Waals surface area contributed by atoms with E-state index in [0.717, 1.165) is 5.69 Å². The number of carbonyl (C=O) groups is 1. The number of nitrogens with two attached hydrogens (primary N) is 1. The molecule has 6 nitrogen and oxygen atoms in total. The van der Waals surface area contributed by atoms with Crippen molar-refractivity contribution in [3.63, 3.8) is 0 Å². The van der Waals surface area contributed by atoms with Gasteiger partial charge in [0.25, 0.3) is 0 Å². The van der Waals surface area contributed by atoms with Crippen molar-refractivity contribution < 1.29 is 14.6 Å². The smallest absolute Gasteiger partial charge is 0.302 e. The number of nitrogens with one attached hydrogen (secondary N) is 1. The minimum Gasteiger partial charge on any atom is -0.461 e. The standard InChI is InChI=1S/C12H15N3O3/c1-6-14-11-4-10(13)8(5-18-7(2)16)3-9(11)12(17)15-6/h3-4,12,17H,5,13H2,1-2H3,(H,14,15). The molecule has 1 atom stereocenters. The van der Waals surface area contributed by atoms with E-state index >= 15 is 0 Å². The van der Waals surface area contributed by atoms with Crippen molar-refractivity contribution in [3.8, 4) is 0 Å². The van der Waals surface area contributed by atoms with E-state index in [1.807, 2.05) is 0 Å². The van der Waals surface area contributed by atoms with Gasteiger partial charge in [0.05, 0.1) is 0 Å². The van der Waals surface area contributed by atoms with Crippen LogP contribution in [0.4, 0.5) is 11.4 Å². The number of rotatable bonds is 2. The molecule has 0 bridgehead atoms. The first-order valence-corrected chi connectivity index (χ1v) is 5.52. The maximum absolute atomic E-state index is 10.8. The fraction of sp³-hybridized carbons (Fsp3) is 0.333. The molecule has 1 aromatic carbocycles. The van der Waals surface area contributed by atoms with Crippen molar-refractivity contribution in [1.82, 2.24) is 0 Å². The number of hydrogen-bond donors (Lipinski definition) is 3. The summed E-state index contributed by atoms with van der Waals surface area (Å²) in [5, 5.41) is 12.9. The Morgan fingerprint density at radius 1 is 1.61 bits per heavy atom. The second-order valence-corrected chi connectivity index (χ2v) is 4.13. The normalized spacial score (nSPS) is 17.5. The zero-order valence-corrected chi connectivity index (χ0v) is 10.2. The lowest BCUT2D eigenvalue weighted by Gasteiger charge is -2.22. The number of fused-ring (bicyclic) bond motifs is 1. The molecule has 1 heterocycles. The van der Waals surface area contributed by atoms with Crippen LogP contribution in [-0.2, 0) is 16.1 Å². The SMILES string of the molecule is CC(=O)OCc1cc2c(cc1N)NC(C)=NC2O. The zero-order chi connectivity index (χ0) is 13.3. The van der Waals surface area contributed by atoms with Crippen molar-refractivity contribution in [2.45, 2.75) is 26.7 Å². The van der Waals surface area contributed by atoms with E-state index in [4.69, 9.17) is 10.5 Å². The van der Waals surface area contributed by atoms with E-state index in [0.29, 0.717) is 22.6 Å². The number of nitrogen functional groups attached to an aromatic ring is 1. The maximum atomic E-state index is 10.8. The van der Waals surface area contributed by atoms with Gasteiger partial charge in [0.2, 0.25) is 0 Å². The Morgan fingerprint density at radius 2 is 2.33 bits per heavy atom. The first-order valence-electron chi connectivity index (χ1n) is 5.52. The Bertz CT molecular complexity index is 526. The molecule has 0 aromatic heterocycles. The Balaban J connectivity index is 2.32. The topological polar surface area (TPSA) is 96.9 Å². The molecule has 1 aliphatic rings. The Kier molecular flexibility index (Phi) is 3.20. The Labute approximate surface area is 104 Å². The van der Waals surface area contributed by atoms with Gasteiger partial charge in [-0.15, -0.1) is 0 Å². The number of nitrogens with zero attached hydrogens (tertiary/aromatic N) is 1. The number of amidine groups is 1. The average molecular weight is 249 g/mol. The summed E-state index contributed by atoms with van der Waals surface area (Å²) in [5.74, 6) is 0.252. The molecular weight excluding hydrogens is 234 g/mol. The molecule has 0 amide bonds. The van der Waals surface area contributed by atoms with Crippen LogP contribution in [0.5, 0.6) is 0 Å². The highest BCUT2D eigenvalue weighted by Crippen LogP contribution is 2.32. The van der Waals surface area contributed by atoms with Crippen LogP contribution in [-0.4, -0.2) is 16.9 Å². The summed E-state index contributed by atoms with van der Waals surface area (Å²) in [5.41, 5.74) is 8.37. The Hall–Kier alpha value is -2.08. The van der Waals surface area contributed by atoms with Crippen molar-refractivity contribution in [1.29, 1.82) is 0 Å².